The van der Waals surface area contributed by atoms with Gasteiger partial charge in [-0.15, -0.1) is 0 Å². The third kappa shape index (κ3) is 11.9. The van der Waals surface area contributed by atoms with Crippen LogP contribution in [0.1, 0.15) is 99.1 Å². The van der Waals surface area contributed by atoms with Gasteiger partial charge in [0.15, 0.2) is 23.0 Å². The number of phenols is 6. The fourth-order valence-electron chi connectivity index (χ4n) is 7.54. The van der Waals surface area contributed by atoms with Gasteiger partial charge in [-0.05, 0) is 60.4 Å². The maximum Gasteiger partial charge on any atom is 1.00 e. The van der Waals surface area contributed by atoms with Crippen LogP contribution in [0.15, 0.2) is 22.1 Å². The summed E-state index contributed by atoms with van der Waals surface area (Å²) in [5.74, 6) is -3.49. The van der Waals surface area contributed by atoms with Gasteiger partial charge >= 0.3 is 50.4 Å². The molecule has 21 heteroatoms. The summed E-state index contributed by atoms with van der Waals surface area (Å²) in [4.78, 5) is 20.9. The van der Waals surface area contributed by atoms with Crippen LogP contribution in [-0.2, 0) is 34.0 Å². The fourth-order valence-corrected chi connectivity index (χ4v) is 8.11. The van der Waals surface area contributed by atoms with Crippen molar-refractivity contribution in [1.82, 2.24) is 4.90 Å². The zero-order valence-corrected chi connectivity index (χ0v) is 39.6. The van der Waals surface area contributed by atoms with Crippen molar-refractivity contribution in [2.75, 3.05) is 39.4 Å². The zero-order valence-electron chi connectivity index (χ0n) is 35.9. The van der Waals surface area contributed by atoms with E-state index in [1.54, 1.807) is 53.7 Å². The van der Waals surface area contributed by atoms with Crippen LogP contribution in [0, 0.1) is 13.8 Å². The summed E-state index contributed by atoms with van der Waals surface area (Å²) >= 11 is 0. The molecule has 0 spiro atoms. The number of aromatic hydroxyl groups is 6. The standard InChI is InChI=1S/C34H40N2O14S2.C7H13NO.Na/c1-15(2)23-19-11-17(5)25(31(39)27(19)21(29(37)33(23)41)13-35-7-9-49-51(43,44)45)26-18(6)12-20-24(16(3)4)34(42)30(38)22(28(20)32(26)40)14-36-8-10-50-52(46,47)48;1-2-5-8-6-3-4-7(8)9;/h11-16,37-42H,7-10H2,1-6H3,(H,43,44,45)(H,46,47,48);2-6H2,1H3;/q;;+1. The summed E-state index contributed by atoms with van der Waals surface area (Å²) < 4.78 is 70.0. The van der Waals surface area contributed by atoms with Crippen LogP contribution in [0.3, 0.4) is 0 Å². The Morgan fingerprint density at radius 2 is 1.08 bits per heavy atom. The van der Waals surface area contributed by atoms with Gasteiger partial charge in [0.25, 0.3) is 0 Å². The number of phenolic OH excluding ortho intramolecular Hbond substituents is 6. The molecule has 0 unspecified atom stereocenters. The number of carbonyl (C=O) groups is 1. The van der Waals surface area contributed by atoms with Crippen LogP contribution in [0.4, 0.5) is 0 Å². The van der Waals surface area contributed by atoms with Crippen molar-refractivity contribution in [2.24, 2.45) is 9.98 Å². The number of benzene rings is 4. The molecule has 62 heavy (non-hydrogen) atoms. The minimum atomic E-state index is -4.74. The van der Waals surface area contributed by atoms with Crippen LogP contribution in [0.5, 0.6) is 34.5 Å². The summed E-state index contributed by atoms with van der Waals surface area (Å²) in [5, 5.41) is 69.3. The molecule has 1 fully saturated rings. The van der Waals surface area contributed by atoms with Crippen LogP contribution < -0.4 is 29.6 Å². The molecule has 334 valence electrons. The third-order valence-electron chi connectivity index (χ3n) is 10.0. The second-order valence-corrected chi connectivity index (χ2v) is 17.3. The molecule has 18 nitrogen and oxygen atoms in total. The molecular weight excluding hydrogens is 862 g/mol. The summed E-state index contributed by atoms with van der Waals surface area (Å²) in [5.41, 5.74) is 1.32. The summed E-state index contributed by atoms with van der Waals surface area (Å²) in [6.07, 6.45) is 5.12. The normalized spacial score (nSPS) is 13.6. The van der Waals surface area contributed by atoms with Crippen molar-refractivity contribution in [3.8, 4) is 45.6 Å². The van der Waals surface area contributed by atoms with Crippen LogP contribution in [0.2, 0.25) is 0 Å². The average molecular weight is 915 g/mol. The molecule has 1 heterocycles. The van der Waals surface area contributed by atoms with E-state index < -0.39 is 68.5 Å². The molecule has 0 aliphatic carbocycles. The molecule has 1 aliphatic heterocycles. The maximum atomic E-state index is 12.1. The fraction of sp³-hybridized carbons (Fsp3) is 0.439. The first-order valence-corrected chi connectivity index (χ1v) is 22.2. The molecule has 1 aliphatic rings. The first kappa shape index (κ1) is 52.1. The molecule has 0 saturated carbocycles. The molecule has 0 atom stereocenters. The minimum Gasteiger partial charge on any atom is -0.507 e. The summed E-state index contributed by atoms with van der Waals surface area (Å²) in [7, 11) is -9.47. The SMILES string of the molecule is CCCN1CCCC1=O.Cc1cc2c(C(C)C)c(O)c(O)c(C=NCCOS(=O)(=O)O)c2c(O)c1-c1c(C)cc2c(C(C)C)c(O)c(O)c(C=NCCOS(=O)(=O)O)c2c1O.[Na+]. The largest absolute Gasteiger partial charge is 1.00 e. The van der Waals surface area contributed by atoms with Gasteiger partial charge in [0.2, 0.25) is 5.91 Å². The molecule has 4 aromatic rings. The van der Waals surface area contributed by atoms with Crippen molar-refractivity contribution in [1.29, 1.82) is 0 Å². The monoisotopic (exact) mass is 914 g/mol. The van der Waals surface area contributed by atoms with E-state index in [1.165, 1.54) is 0 Å². The number of amides is 1. The van der Waals surface area contributed by atoms with Crippen LogP contribution in [-0.4, -0.2) is 119 Å². The summed E-state index contributed by atoms with van der Waals surface area (Å²) in [6.45, 7) is 12.7. The van der Waals surface area contributed by atoms with Crippen molar-refractivity contribution in [3.63, 3.8) is 0 Å². The number of hydrogen-bond donors (Lipinski definition) is 8. The quantitative estimate of drug-likeness (QED) is 0.0279. The number of aryl methyl sites for hydroxylation is 2. The van der Waals surface area contributed by atoms with E-state index in [1.807, 2.05) is 4.90 Å². The number of carbonyl (C=O) groups excluding carboxylic acids is 1. The van der Waals surface area contributed by atoms with Crippen LogP contribution >= 0.6 is 0 Å². The average Bonchev–Trinajstić information content (AvgIpc) is 3.55. The predicted molar refractivity (Wildman–Crippen MR) is 231 cm³/mol. The van der Waals surface area contributed by atoms with E-state index in [-0.39, 0.29) is 87.5 Å². The van der Waals surface area contributed by atoms with E-state index >= 15 is 0 Å². The van der Waals surface area contributed by atoms with Crippen molar-refractivity contribution in [3.05, 3.63) is 45.5 Å². The number of fused-ring (bicyclic) bond motifs is 2. The second-order valence-electron chi connectivity index (χ2n) is 15.1. The van der Waals surface area contributed by atoms with Gasteiger partial charge in [-0.2, -0.15) is 16.8 Å². The van der Waals surface area contributed by atoms with Gasteiger partial charge in [0.05, 0.1) is 26.3 Å². The Morgan fingerprint density at radius 3 is 1.39 bits per heavy atom. The Hall–Kier alpha value is -4.25. The number of likely N-dealkylation sites (tertiary alicyclic amines) is 1. The summed E-state index contributed by atoms with van der Waals surface area (Å²) in [6, 6.07) is 3.29. The zero-order chi connectivity index (χ0) is 45.7. The topological polar surface area (TPSA) is 294 Å². The van der Waals surface area contributed by atoms with Gasteiger partial charge in [-0.3, -0.25) is 23.9 Å². The number of nitrogens with zero attached hydrogens (tertiary/aromatic N) is 3. The first-order chi connectivity index (χ1) is 28.4. The Labute approximate surface area is 382 Å². The van der Waals surface area contributed by atoms with Gasteiger partial charge in [-0.1, -0.05) is 46.8 Å². The molecule has 8 N–H and O–H groups in total. The van der Waals surface area contributed by atoms with E-state index in [2.05, 4.69) is 25.3 Å². The van der Waals surface area contributed by atoms with Gasteiger partial charge in [-0.25, -0.2) is 8.37 Å². The molecular formula is C41H53N3NaO15S2+. The Morgan fingerprint density at radius 1 is 0.694 bits per heavy atom. The molecule has 5 rings (SSSR count). The molecule has 4 aromatic carbocycles. The minimum absolute atomic E-state index is 0. The van der Waals surface area contributed by atoms with E-state index in [0.717, 1.165) is 44.8 Å². The van der Waals surface area contributed by atoms with E-state index in [4.69, 9.17) is 9.11 Å². The smallest absolute Gasteiger partial charge is 0.507 e. The van der Waals surface area contributed by atoms with Gasteiger partial charge < -0.3 is 35.5 Å². The Bertz CT molecular complexity index is 2450. The Kier molecular flexibility index (Phi) is 18.0. The molecule has 0 radical (unpaired) electrons. The third-order valence-corrected chi connectivity index (χ3v) is 10.9. The molecule has 1 amide bonds. The van der Waals surface area contributed by atoms with Crippen molar-refractivity contribution < 1.29 is 99.3 Å². The van der Waals surface area contributed by atoms with Gasteiger partial charge in [0, 0.05) is 76.1 Å². The van der Waals surface area contributed by atoms with Crippen molar-refractivity contribution in [2.45, 2.75) is 79.6 Å². The first-order valence-electron chi connectivity index (χ1n) is 19.4. The molecule has 0 bridgehead atoms. The molecule has 0 aromatic heterocycles. The predicted octanol–water partition coefficient (Wildman–Crippen LogP) is 3.26. The molecule has 1 saturated heterocycles. The number of aliphatic imine (C=N–C) groups is 2. The van der Waals surface area contributed by atoms with Crippen molar-refractivity contribution >= 4 is 60.7 Å². The van der Waals surface area contributed by atoms with E-state index in [9.17, 15) is 52.3 Å². The second kappa shape index (κ2) is 21.4. The number of rotatable bonds is 15. The number of hydrogen-bond acceptors (Lipinski definition) is 15. The Balaban J connectivity index is 0.000000907. The maximum absolute atomic E-state index is 12.1. The van der Waals surface area contributed by atoms with Crippen LogP contribution in [0.25, 0.3) is 32.7 Å². The van der Waals surface area contributed by atoms with Gasteiger partial charge in [0.1, 0.15) is 11.5 Å². The van der Waals surface area contributed by atoms with E-state index in [0.29, 0.717) is 38.9 Å².